The van der Waals surface area contributed by atoms with Crippen molar-refractivity contribution in [3.63, 3.8) is 0 Å². The quantitative estimate of drug-likeness (QED) is 0.266. The van der Waals surface area contributed by atoms with Crippen molar-refractivity contribution in [2.45, 2.75) is 37.2 Å². The first-order valence-corrected chi connectivity index (χ1v) is 12.0. The van der Waals surface area contributed by atoms with Crippen LogP contribution >= 0.6 is 0 Å². The van der Waals surface area contributed by atoms with Gasteiger partial charge in [0.2, 0.25) is 0 Å². The lowest BCUT2D eigenvalue weighted by Gasteiger charge is -2.42. The molecule has 36 heavy (non-hydrogen) atoms. The molecule has 1 saturated heterocycles. The molecule has 2 aliphatic heterocycles. The molecule has 5 N–H and O–H groups in total. The van der Waals surface area contributed by atoms with Crippen LogP contribution in [-0.4, -0.2) is 68.9 Å². The van der Waals surface area contributed by atoms with E-state index in [4.69, 9.17) is 9.47 Å². The summed E-state index contributed by atoms with van der Waals surface area (Å²) in [4.78, 5) is 16.7. The summed E-state index contributed by atoms with van der Waals surface area (Å²) in [5.41, 5.74) is 4.72. The van der Waals surface area contributed by atoms with Gasteiger partial charge in [0.1, 0.15) is 24.4 Å². The average Bonchev–Trinajstić information content (AvgIpc) is 3.57. The van der Waals surface area contributed by atoms with Crippen LogP contribution in [0, 0.1) is 0 Å². The van der Waals surface area contributed by atoms with E-state index >= 15 is 0 Å². The molecule has 5 aromatic rings. The molecule has 0 unspecified atom stereocenters. The molecule has 5 atom stereocenters. The van der Waals surface area contributed by atoms with Crippen molar-refractivity contribution >= 4 is 49.5 Å². The van der Waals surface area contributed by atoms with Crippen LogP contribution in [0.5, 0.6) is 0 Å². The molecule has 9 heteroatoms. The zero-order valence-corrected chi connectivity index (χ0v) is 19.4. The average molecular weight is 488 g/mol. The van der Waals surface area contributed by atoms with Crippen LogP contribution in [0.25, 0.3) is 43.6 Å². The third-order valence-corrected chi connectivity index (χ3v) is 7.73. The van der Waals surface area contributed by atoms with E-state index in [-0.39, 0.29) is 5.91 Å². The smallest absolute Gasteiger partial charge is 0.252 e. The van der Waals surface area contributed by atoms with Crippen LogP contribution in [0.2, 0.25) is 0 Å². The summed E-state index contributed by atoms with van der Waals surface area (Å²) < 4.78 is 13.4. The van der Waals surface area contributed by atoms with E-state index in [0.717, 1.165) is 43.7 Å². The largest absolute Gasteiger partial charge is 0.394 e. The zero-order chi connectivity index (χ0) is 24.7. The highest BCUT2D eigenvalue weighted by Crippen LogP contribution is 2.46. The molecule has 2 aromatic heterocycles. The van der Waals surface area contributed by atoms with E-state index in [9.17, 15) is 20.1 Å². The van der Waals surface area contributed by atoms with Crippen molar-refractivity contribution in [3.05, 3.63) is 59.7 Å². The predicted molar refractivity (Wildman–Crippen MR) is 134 cm³/mol. The summed E-state index contributed by atoms with van der Waals surface area (Å²) in [6.07, 6.45) is -5.43. The molecular formula is C27H25N3O6. The zero-order valence-electron chi connectivity index (χ0n) is 19.4. The Labute approximate surface area is 204 Å². The molecule has 3 aromatic carbocycles. The van der Waals surface area contributed by atoms with Crippen molar-refractivity contribution in [2.24, 2.45) is 0 Å². The second kappa shape index (κ2) is 7.76. The van der Waals surface area contributed by atoms with Crippen molar-refractivity contribution < 1.29 is 29.6 Å². The Morgan fingerprint density at radius 3 is 2.58 bits per heavy atom. The minimum atomic E-state index is -1.35. The van der Waals surface area contributed by atoms with Crippen LogP contribution in [0.15, 0.2) is 48.5 Å². The number of hydrogen-bond acceptors (Lipinski definition) is 6. The van der Waals surface area contributed by atoms with Gasteiger partial charge in [-0.15, -0.1) is 0 Å². The van der Waals surface area contributed by atoms with Crippen molar-refractivity contribution in [3.8, 4) is 0 Å². The third-order valence-electron chi connectivity index (χ3n) is 7.73. The van der Waals surface area contributed by atoms with Gasteiger partial charge in [0.25, 0.3) is 5.91 Å². The second-order valence-corrected chi connectivity index (χ2v) is 9.50. The molecule has 184 valence electrons. The first-order chi connectivity index (χ1) is 17.5. The Morgan fingerprint density at radius 2 is 1.81 bits per heavy atom. The van der Waals surface area contributed by atoms with Gasteiger partial charge in [0, 0.05) is 40.7 Å². The summed E-state index contributed by atoms with van der Waals surface area (Å²) in [5, 5.41) is 38.7. The number of carbonyl (C=O) groups is 1. The summed E-state index contributed by atoms with van der Waals surface area (Å²) >= 11 is 0. The van der Waals surface area contributed by atoms with Gasteiger partial charge in [-0.1, -0.05) is 36.4 Å². The van der Waals surface area contributed by atoms with Gasteiger partial charge < -0.3 is 39.7 Å². The number of fused-ring (bicyclic) bond motifs is 10. The Kier molecular flexibility index (Phi) is 4.70. The van der Waals surface area contributed by atoms with Crippen molar-refractivity contribution in [1.29, 1.82) is 0 Å². The van der Waals surface area contributed by atoms with Crippen LogP contribution in [0.1, 0.15) is 22.1 Å². The minimum Gasteiger partial charge on any atom is -0.394 e. The SMILES string of the molecule is CO[C@H]1[C@H](O)[C@@H](O)[C@H](n2c3ccccc3c3c4c(c5c6ccccc6[nH]c5c32)CNC4=O)O[C@@H]1CO. The Balaban J connectivity index is 1.65. The van der Waals surface area contributed by atoms with Gasteiger partial charge in [0.15, 0.2) is 6.23 Å². The molecule has 2 aliphatic rings. The molecule has 0 spiro atoms. The number of para-hydroxylation sites is 2. The number of hydrogen-bond donors (Lipinski definition) is 5. The standard InChI is InChI=1S/C27H25N3O6/c1-35-25-17(11-31)36-27(24(33)23(25)32)30-16-9-5-3-7-13(16)19-20-14(10-28-26(20)34)18-12-6-2-4-8-15(12)29-21(18)22(19)30/h2-9,17,23-25,27,29,31-33H,10-11H2,1H3,(H,28,34)/t17-,23-,24-,25-,27-/m1/s1. The number of carbonyl (C=O) groups excluding carboxylic acids is 1. The third kappa shape index (κ3) is 2.69. The number of methoxy groups -OCH3 is 1. The van der Waals surface area contributed by atoms with E-state index in [0.29, 0.717) is 17.6 Å². The molecular weight excluding hydrogens is 462 g/mol. The maximum absolute atomic E-state index is 13.2. The van der Waals surface area contributed by atoms with Crippen LogP contribution in [-0.2, 0) is 16.0 Å². The molecule has 0 bridgehead atoms. The maximum Gasteiger partial charge on any atom is 0.252 e. The molecule has 0 aliphatic carbocycles. The molecule has 0 saturated carbocycles. The Bertz CT molecular complexity index is 1690. The van der Waals surface area contributed by atoms with Crippen molar-refractivity contribution in [2.75, 3.05) is 13.7 Å². The van der Waals surface area contributed by atoms with E-state index in [1.807, 2.05) is 53.1 Å². The number of amides is 1. The molecule has 0 radical (unpaired) electrons. The fourth-order valence-electron chi connectivity index (χ4n) is 6.19. The number of ether oxygens (including phenoxy) is 2. The van der Waals surface area contributed by atoms with Gasteiger partial charge in [-0.25, -0.2) is 0 Å². The highest BCUT2D eigenvalue weighted by atomic mass is 16.6. The van der Waals surface area contributed by atoms with Gasteiger partial charge in [-0.3, -0.25) is 4.79 Å². The molecule has 1 fully saturated rings. The van der Waals surface area contributed by atoms with Crippen LogP contribution in [0.3, 0.4) is 0 Å². The lowest BCUT2D eigenvalue weighted by Crippen LogP contribution is -2.57. The monoisotopic (exact) mass is 487 g/mol. The van der Waals surface area contributed by atoms with Gasteiger partial charge in [0.05, 0.1) is 28.7 Å². The van der Waals surface area contributed by atoms with E-state index in [1.54, 1.807) is 0 Å². The van der Waals surface area contributed by atoms with Gasteiger partial charge in [-0.2, -0.15) is 0 Å². The minimum absolute atomic E-state index is 0.150. The highest BCUT2D eigenvalue weighted by Gasteiger charge is 2.46. The highest BCUT2D eigenvalue weighted by molar-refractivity contribution is 6.30. The fourth-order valence-corrected chi connectivity index (χ4v) is 6.19. The lowest BCUT2D eigenvalue weighted by atomic mass is 9.96. The molecule has 1 amide bonds. The van der Waals surface area contributed by atoms with Gasteiger partial charge in [-0.05, 0) is 17.7 Å². The lowest BCUT2D eigenvalue weighted by molar-refractivity contribution is -0.255. The fraction of sp³-hybridized carbons (Fsp3) is 0.296. The predicted octanol–water partition coefficient (Wildman–Crippen LogP) is 2.30. The molecule has 9 nitrogen and oxygen atoms in total. The molecule has 7 rings (SSSR count). The number of aliphatic hydroxyl groups excluding tert-OH is 3. The van der Waals surface area contributed by atoms with E-state index in [1.165, 1.54) is 7.11 Å². The summed E-state index contributed by atoms with van der Waals surface area (Å²) in [5.74, 6) is -0.150. The second-order valence-electron chi connectivity index (χ2n) is 9.50. The Morgan fingerprint density at radius 1 is 1.06 bits per heavy atom. The van der Waals surface area contributed by atoms with Gasteiger partial charge >= 0.3 is 0 Å². The van der Waals surface area contributed by atoms with Crippen LogP contribution in [0.4, 0.5) is 0 Å². The first-order valence-electron chi connectivity index (χ1n) is 12.0. The number of aromatic amines is 1. The Hall–Kier alpha value is -3.47. The van der Waals surface area contributed by atoms with Crippen molar-refractivity contribution in [1.82, 2.24) is 14.9 Å². The van der Waals surface area contributed by atoms with Crippen LogP contribution < -0.4 is 5.32 Å². The number of aliphatic hydroxyl groups is 3. The number of rotatable bonds is 3. The number of aromatic nitrogens is 2. The number of nitrogens with zero attached hydrogens (tertiary/aromatic N) is 1. The van der Waals surface area contributed by atoms with E-state index < -0.39 is 37.3 Å². The number of benzene rings is 3. The number of nitrogens with one attached hydrogen (secondary N) is 2. The van der Waals surface area contributed by atoms with E-state index in [2.05, 4.69) is 10.3 Å². The normalized spacial score (nSPS) is 26.3. The molecule has 4 heterocycles. The first kappa shape index (κ1) is 21.8. The summed E-state index contributed by atoms with van der Waals surface area (Å²) in [6.45, 7) is 0.0286. The summed E-state index contributed by atoms with van der Waals surface area (Å²) in [7, 11) is 1.41. The topological polar surface area (TPSA) is 129 Å². The maximum atomic E-state index is 13.2. The summed E-state index contributed by atoms with van der Waals surface area (Å²) in [6, 6.07) is 15.6. The number of H-pyrrole nitrogens is 1.